The first kappa shape index (κ1) is 18.4. The highest BCUT2D eigenvalue weighted by atomic mass is 19.3. The van der Waals surface area contributed by atoms with E-state index in [0.29, 0.717) is 13.1 Å². The molecule has 5 nitrogen and oxygen atoms in total. The zero-order valence-electron chi connectivity index (χ0n) is 13.1. The second-order valence-electron chi connectivity index (χ2n) is 5.88. The highest BCUT2D eigenvalue weighted by Crippen LogP contribution is 2.25. The number of hydrogen-bond acceptors (Lipinski definition) is 4. The maximum absolute atomic E-state index is 12.8. The Morgan fingerprint density at radius 3 is 2.71 bits per heavy atom. The van der Waals surface area contributed by atoms with Gasteiger partial charge in [-0.05, 0) is 31.9 Å². The van der Waals surface area contributed by atoms with Crippen LogP contribution >= 0.6 is 0 Å². The number of ether oxygens (including phenoxy) is 1. The van der Waals surface area contributed by atoms with Gasteiger partial charge in [-0.15, -0.1) is 0 Å². The quantitative estimate of drug-likeness (QED) is 0.800. The van der Waals surface area contributed by atoms with Crippen LogP contribution in [0.1, 0.15) is 23.7 Å². The first-order valence-electron chi connectivity index (χ1n) is 7.50. The fraction of sp³-hybridized carbons (Fsp3) is 0.600. The topological polar surface area (TPSA) is 68.5 Å². The number of likely N-dealkylation sites (tertiary alicyclic amines) is 1. The van der Waals surface area contributed by atoms with E-state index in [-0.39, 0.29) is 29.3 Å². The van der Waals surface area contributed by atoms with Gasteiger partial charge in [-0.25, -0.2) is 13.8 Å². The number of aromatic nitrogens is 1. The average molecular weight is 349 g/mol. The number of pyridine rings is 1. The molecule has 1 saturated heterocycles. The van der Waals surface area contributed by atoms with Crippen molar-refractivity contribution in [2.45, 2.75) is 31.7 Å². The average Bonchev–Trinajstić information content (AvgIpc) is 2.93. The molecule has 1 fully saturated rings. The van der Waals surface area contributed by atoms with Crippen molar-refractivity contribution in [3.63, 3.8) is 0 Å². The fourth-order valence-electron chi connectivity index (χ4n) is 2.59. The van der Waals surface area contributed by atoms with Crippen molar-refractivity contribution in [1.82, 2.24) is 9.88 Å². The Bertz CT molecular complexity index is 568. The second-order valence-corrected chi connectivity index (χ2v) is 5.88. The lowest BCUT2D eigenvalue weighted by molar-refractivity contribution is -0.148. The van der Waals surface area contributed by atoms with Crippen molar-refractivity contribution in [2.24, 2.45) is 11.7 Å². The number of halogens is 4. The van der Waals surface area contributed by atoms with Gasteiger partial charge in [0.25, 0.3) is 5.91 Å². The van der Waals surface area contributed by atoms with Gasteiger partial charge in [-0.3, -0.25) is 4.79 Å². The Kier molecular flexibility index (Phi) is 5.63. The Hall–Kier alpha value is -1.90. The van der Waals surface area contributed by atoms with Crippen molar-refractivity contribution in [1.29, 1.82) is 0 Å². The number of nitrogens with zero attached hydrogens (tertiary/aromatic N) is 2. The summed E-state index contributed by atoms with van der Waals surface area (Å²) in [7, 11) is 0. The van der Waals surface area contributed by atoms with Crippen LogP contribution in [-0.2, 0) is 0 Å². The summed E-state index contributed by atoms with van der Waals surface area (Å²) in [6.07, 6.45) is -1.81. The zero-order chi connectivity index (χ0) is 17.9. The highest BCUT2D eigenvalue weighted by Gasteiger charge is 2.41. The second kappa shape index (κ2) is 7.33. The lowest BCUT2D eigenvalue weighted by Gasteiger charge is -2.21. The molecule has 1 aliphatic heterocycles. The molecule has 1 aromatic rings. The van der Waals surface area contributed by atoms with Crippen LogP contribution in [0.5, 0.6) is 5.88 Å². The summed E-state index contributed by atoms with van der Waals surface area (Å²) in [6.45, 7) is 1.49. The Labute approximate surface area is 136 Å². The van der Waals surface area contributed by atoms with E-state index < -0.39 is 19.0 Å². The number of carbonyl (C=O) groups excluding carboxylic acids is 1. The fourth-order valence-corrected chi connectivity index (χ4v) is 2.59. The molecular weight excluding hydrogens is 330 g/mol. The minimum atomic E-state index is -4.25. The third kappa shape index (κ3) is 4.14. The van der Waals surface area contributed by atoms with Gasteiger partial charge in [0.05, 0.1) is 5.56 Å². The molecule has 1 aromatic heterocycles. The largest absolute Gasteiger partial charge is 0.471 e. The zero-order valence-corrected chi connectivity index (χ0v) is 13.1. The van der Waals surface area contributed by atoms with Crippen LogP contribution in [0.25, 0.3) is 0 Å². The number of hydrogen-bond donors (Lipinski definition) is 1. The van der Waals surface area contributed by atoms with Crippen molar-refractivity contribution in [3.8, 4) is 5.88 Å². The van der Waals surface area contributed by atoms with E-state index in [1.165, 1.54) is 18.3 Å². The molecule has 2 heterocycles. The predicted molar refractivity (Wildman–Crippen MR) is 78.3 cm³/mol. The van der Waals surface area contributed by atoms with Gasteiger partial charge in [0.15, 0.2) is 6.61 Å². The summed E-state index contributed by atoms with van der Waals surface area (Å²) in [5, 5.41) is 0. The highest BCUT2D eigenvalue weighted by molar-refractivity contribution is 5.94. The lowest BCUT2D eigenvalue weighted by atomic mass is 10.1. The summed E-state index contributed by atoms with van der Waals surface area (Å²) in [5.41, 5.74) is 5.90. The number of alkyl halides is 4. The molecule has 0 bridgehead atoms. The summed E-state index contributed by atoms with van der Waals surface area (Å²) >= 11 is 0. The maximum atomic E-state index is 12.8. The van der Waals surface area contributed by atoms with E-state index in [1.807, 2.05) is 6.92 Å². The number of nitrogens with two attached hydrogens (primary N) is 1. The van der Waals surface area contributed by atoms with Crippen molar-refractivity contribution >= 4 is 5.91 Å². The normalized spacial score (nSPS) is 21.4. The van der Waals surface area contributed by atoms with Crippen LogP contribution in [0.3, 0.4) is 0 Å². The molecule has 2 rings (SSSR count). The van der Waals surface area contributed by atoms with Gasteiger partial charge in [0.2, 0.25) is 5.88 Å². The summed E-state index contributed by atoms with van der Waals surface area (Å²) in [6, 6.07) is 2.62. The summed E-state index contributed by atoms with van der Waals surface area (Å²) in [4.78, 5) is 17.8. The molecular formula is C15H19F4N3O2. The monoisotopic (exact) mass is 349 g/mol. The van der Waals surface area contributed by atoms with Gasteiger partial charge in [0, 0.05) is 24.8 Å². The standard InChI is InChI=1S/C15H19F4N3O2/c1-9-4-10(5-20)7-22(9)13(23)11-2-3-12(21-6-11)24-8-15(18,19)14(16)17/h2-3,6,9-10,14H,4-5,7-8,20H2,1H3. The van der Waals surface area contributed by atoms with Crippen LogP contribution in [-0.4, -0.2) is 53.9 Å². The Morgan fingerprint density at radius 1 is 1.50 bits per heavy atom. The van der Waals surface area contributed by atoms with E-state index >= 15 is 0 Å². The molecule has 24 heavy (non-hydrogen) atoms. The summed E-state index contributed by atoms with van der Waals surface area (Å²) in [5.74, 6) is -4.49. The molecule has 9 heteroatoms. The number of carbonyl (C=O) groups is 1. The minimum absolute atomic E-state index is 0.0479. The summed E-state index contributed by atoms with van der Waals surface area (Å²) < 4.78 is 54.2. The SMILES string of the molecule is CC1CC(CN)CN1C(=O)c1ccc(OCC(F)(F)C(F)F)nc1. The van der Waals surface area contributed by atoms with Crippen LogP contribution in [0.15, 0.2) is 18.3 Å². The Balaban J connectivity index is 1.98. The van der Waals surface area contributed by atoms with Crippen molar-refractivity contribution < 1.29 is 27.1 Å². The molecule has 2 atom stereocenters. The first-order valence-corrected chi connectivity index (χ1v) is 7.50. The van der Waals surface area contributed by atoms with E-state index in [0.717, 1.165) is 6.42 Å². The van der Waals surface area contributed by atoms with Gasteiger partial charge >= 0.3 is 12.3 Å². The van der Waals surface area contributed by atoms with Crippen molar-refractivity contribution in [2.75, 3.05) is 19.7 Å². The molecule has 0 spiro atoms. The molecule has 1 aliphatic rings. The van der Waals surface area contributed by atoms with E-state index in [2.05, 4.69) is 9.72 Å². The number of rotatable bonds is 6. The van der Waals surface area contributed by atoms with Gasteiger partial charge in [-0.1, -0.05) is 0 Å². The maximum Gasteiger partial charge on any atom is 0.340 e. The molecule has 2 unspecified atom stereocenters. The third-order valence-electron chi connectivity index (χ3n) is 3.97. The molecule has 0 aromatic carbocycles. The van der Waals surface area contributed by atoms with Crippen LogP contribution < -0.4 is 10.5 Å². The van der Waals surface area contributed by atoms with Crippen LogP contribution in [0, 0.1) is 5.92 Å². The van der Waals surface area contributed by atoms with Crippen LogP contribution in [0.4, 0.5) is 17.6 Å². The van der Waals surface area contributed by atoms with Crippen LogP contribution in [0.2, 0.25) is 0 Å². The van der Waals surface area contributed by atoms with E-state index in [1.54, 1.807) is 4.90 Å². The van der Waals surface area contributed by atoms with Gasteiger partial charge < -0.3 is 15.4 Å². The molecule has 0 saturated carbocycles. The molecule has 0 aliphatic carbocycles. The first-order chi connectivity index (χ1) is 11.2. The van der Waals surface area contributed by atoms with E-state index in [9.17, 15) is 22.4 Å². The third-order valence-corrected chi connectivity index (χ3v) is 3.97. The lowest BCUT2D eigenvalue weighted by Crippen LogP contribution is -2.34. The Morgan fingerprint density at radius 2 is 2.21 bits per heavy atom. The van der Waals surface area contributed by atoms with Gasteiger partial charge in [0.1, 0.15) is 0 Å². The molecule has 1 amide bonds. The number of amides is 1. The van der Waals surface area contributed by atoms with E-state index in [4.69, 9.17) is 5.73 Å². The smallest absolute Gasteiger partial charge is 0.340 e. The predicted octanol–water partition coefficient (Wildman–Crippen LogP) is 2.17. The molecule has 134 valence electrons. The van der Waals surface area contributed by atoms with Gasteiger partial charge in [-0.2, -0.15) is 8.78 Å². The molecule has 0 radical (unpaired) electrons. The van der Waals surface area contributed by atoms with Crippen molar-refractivity contribution in [3.05, 3.63) is 23.9 Å². The minimum Gasteiger partial charge on any atom is -0.471 e. The molecule has 2 N–H and O–H groups in total.